The van der Waals surface area contributed by atoms with Crippen molar-refractivity contribution in [3.63, 3.8) is 0 Å². The van der Waals surface area contributed by atoms with Gasteiger partial charge in [0.25, 0.3) is 5.91 Å². The van der Waals surface area contributed by atoms with Crippen molar-refractivity contribution >= 4 is 5.91 Å². The number of nitrogens with zero attached hydrogens (tertiary/aromatic N) is 2. The highest BCUT2D eigenvalue weighted by molar-refractivity contribution is 5.81. The van der Waals surface area contributed by atoms with Crippen molar-refractivity contribution in [2.75, 3.05) is 6.54 Å². The molecule has 1 aromatic heterocycles. The summed E-state index contributed by atoms with van der Waals surface area (Å²) in [7, 11) is 0. The molecule has 2 N–H and O–H groups in total. The molecule has 0 aliphatic carbocycles. The van der Waals surface area contributed by atoms with E-state index >= 15 is 0 Å². The van der Waals surface area contributed by atoms with E-state index in [-0.39, 0.29) is 11.8 Å². The Labute approximate surface area is 124 Å². The van der Waals surface area contributed by atoms with Gasteiger partial charge in [-0.1, -0.05) is 37.3 Å². The quantitative estimate of drug-likeness (QED) is 0.849. The minimum Gasteiger partial charge on any atom is -0.378 e. The molecule has 0 spiro atoms. The number of aryl methyl sites for hydroxylation is 1. The summed E-state index contributed by atoms with van der Waals surface area (Å²) < 4.78 is 2.05. The van der Waals surface area contributed by atoms with Crippen LogP contribution >= 0.6 is 0 Å². The zero-order chi connectivity index (χ0) is 15.2. The third-order valence-electron chi connectivity index (χ3n) is 3.42. The van der Waals surface area contributed by atoms with Crippen LogP contribution in [0.1, 0.15) is 24.4 Å². The Morgan fingerprint density at radius 3 is 2.71 bits per heavy atom. The number of aliphatic hydroxyl groups excluding tert-OH is 1. The maximum Gasteiger partial charge on any atom is 0.253 e. The van der Waals surface area contributed by atoms with E-state index in [0.717, 1.165) is 12.4 Å². The van der Waals surface area contributed by atoms with Crippen molar-refractivity contribution in [2.45, 2.75) is 26.5 Å². The Morgan fingerprint density at radius 1 is 1.38 bits per heavy atom. The number of hydrogen-bond acceptors (Lipinski definition) is 3. The van der Waals surface area contributed by atoms with Crippen LogP contribution in [0.5, 0.6) is 0 Å². The number of imidazole rings is 1. The van der Waals surface area contributed by atoms with Gasteiger partial charge in [0, 0.05) is 25.5 Å². The molecule has 2 aromatic rings. The first-order chi connectivity index (χ1) is 10.1. The summed E-state index contributed by atoms with van der Waals surface area (Å²) in [4.78, 5) is 16.1. The molecule has 1 aromatic carbocycles. The van der Waals surface area contributed by atoms with Crippen molar-refractivity contribution in [2.24, 2.45) is 5.92 Å². The number of carbonyl (C=O) groups excluding carboxylic acids is 1. The van der Waals surface area contributed by atoms with Crippen molar-refractivity contribution < 1.29 is 9.90 Å². The second-order valence-corrected chi connectivity index (χ2v) is 5.29. The van der Waals surface area contributed by atoms with E-state index in [9.17, 15) is 9.90 Å². The Morgan fingerprint density at radius 2 is 2.10 bits per heavy atom. The lowest BCUT2D eigenvalue weighted by molar-refractivity contribution is -0.129. The minimum atomic E-state index is -1.12. The number of benzene rings is 1. The molecule has 5 nitrogen and oxygen atoms in total. The van der Waals surface area contributed by atoms with Gasteiger partial charge in [0.2, 0.25) is 0 Å². The van der Waals surface area contributed by atoms with Gasteiger partial charge in [-0.05, 0) is 18.4 Å². The van der Waals surface area contributed by atoms with Crippen LogP contribution < -0.4 is 5.32 Å². The van der Waals surface area contributed by atoms with Gasteiger partial charge < -0.3 is 15.0 Å². The normalized spacial score (nSPS) is 13.7. The van der Waals surface area contributed by atoms with E-state index in [1.807, 2.05) is 23.8 Å². The molecule has 2 rings (SSSR count). The van der Waals surface area contributed by atoms with Crippen LogP contribution in [0.3, 0.4) is 0 Å². The van der Waals surface area contributed by atoms with E-state index < -0.39 is 6.10 Å². The first kappa shape index (κ1) is 15.3. The molecule has 0 radical (unpaired) electrons. The Bertz CT molecular complexity index is 580. The molecular formula is C16H21N3O2. The molecule has 5 heteroatoms. The predicted molar refractivity (Wildman–Crippen MR) is 80.5 cm³/mol. The van der Waals surface area contributed by atoms with E-state index in [4.69, 9.17) is 0 Å². The molecule has 0 saturated heterocycles. The second kappa shape index (κ2) is 7.04. The molecule has 2 unspecified atom stereocenters. The summed E-state index contributed by atoms with van der Waals surface area (Å²) in [6, 6.07) is 8.93. The third-order valence-corrected chi connectivity index (χ3v) is 3.42. The first-order valence-electron chi connectivity index (χ1n) is 7.06. The number of aliphatic hydroxyl groups is 1. The summed E-state index contributed by atoms with van der Waals surface area (Å²) in [5.41, 5.74) is 0.605. The average Bonchev–Trinajstić information content (AvgIpc) is 2.90. The van der Waals surface area contributed by atoms with Gasteiger partial charge in [-0.3, -0.25) is 4.79 Å². The molecule has 1 heterocycles. The molecule has 0 aliphatic heterocycles. The van der Waals surface area contributed by atoms with Crippen LogP contribution in [0.2, 0.25) is 0 Å². The summed E-state index contributed by atoms with van der Waals surface area (Å²) in [5, 5.41) is 12.8. The smallest absolute Gasteiger partial charge is 0.253 e. The fourth-order valence-electron chi connectivity index (χ4n) is 2.16. The van der Waals surface area contributed by atoms with E-state index in [2.05, 4.69) is 17.2 Å². The van der Waals surface area contributed by atoms with E-state index in [1.54, 1.807) is 30.5 Å². The summed E-state index contributed by atoms with van der Waals surface area (Å²) >= 11 is 0. The van der Waals surface area contributed by atoms with Crippen molar-refractivity contribution in [3.8, 4) is 0 Å². The zero-order valence-electron chi connectivity index (χ0n) is 12.4. The number of rotatable bonds is 6. The number of nitrogens with one attached hydrogen (secondary N) is 1. The van der Waals surface area contributed by atoms with Gasteiger partial charge in [-0.2, -0.15) is 0 Å². The lowest BCUT2D eigenvalue weighted by atomic mass is 10.1. The van der Waals surface area contributed by atoms with Gasteiger partial charge in [0.05, 0.1) is 0 Å². The van der Waals surface area contributed by atoms with Crippen LogP contribution in [0.4, 0.5) is 0 Å². The summed E-state index contributed by atoms with van der Waals surface area (Å²) in [5.74, 6) is 0.845. The highest BCUT2D eigenvalue weighted by atomic mass is 16.3. The van der Waals surface area contributed by atoms with Crippen molar-refractivity contribution in [3.05, 3.63) is 54.1 Å². The molecule has 0 fully saturated rings. The first-order valence-corrected chi connectivity index (χ1v) is 7.06. The molecule has 1 amide bonds. The van der Waals surface area contributed by atoms with Gasteiger partial charge in [0.1, 0.15) is 5.82 Å². The van der Waals surface area contributed by atoms with Crippen molar-refractivity contribution in [1.29, 1.82) is 0 Å². The SMILES string of the molecule is Cc1nccn1CC(C)CNC(=O)C(O)c1ccccc1. The van der Waals surface area contributed by atoms with Crippen LogP contribution in [0.15, 0.2) is 42.7 Å². The minimum absolute atomic E-state index is 0.254. The predicted octanol–water partition coefficient (Wildman–Crippen LogP) is 1.68. The van der Waals surface area contributed by atoms with Gasteiger partial charge in [-0.25, -0.2) is 4.98 Å². The number of amides is 1. The fraction of sp³-hybridized carbons (Fsp3) is 0.375. The summed E-state index contributed by atoms with van der Waals surface area (Å²) in [6.45, 7) is 5.30. The highest BCUT2D eigenvalue weighted by Gasteiger charge is 2.17. The monoisotopic (exact) mass is 287 g/mol. The van der Waals surface area contributed by atoms with Gasteiger partial charge in [0.15, 0.2) is 6.10 Å². The molecule has 0 saturated carbocycles. The molecule has 112 valence electrons. The van der Waals surface area contributed by atoms with Crippen molar-refractivity contribution in [1.82, 2.24) is 14.9 Å². The summed E-state index contributed by atoms with van der Waals surface area (Å²) in [6.07, 6.45) is 2.57. The molecule has 21 heavy (non-hydrogen) atoms. The van der Waals surface area contributed by atoms with Crippen LogP contribution in [-0.2, 0) is 11.3 Å². The lowest BCUT2D eigenvalue weighted by Crippen LogP contribution is -2.33. The molecule has 2 atom stereocenters. The number of hydrogen-bond donors (Lipinski definition) is 2. The van der Waals surface area contributed by atoms with Crippen LogP contribution in [-0.4, -0.2) is 27.1 Å². The second-order valence-electron chi connectivity index (χ2n) is 5.29. The lowest BCUT2D eigenvalue weighted by Gasteiger charge is -2.16. The fourth-order valence-corrected chi connectivity index (χ4v) is 2.16. The van der Waals surface area contributed by atoms with E-state index in [1.165, 1.54) is 0 Å². The number of aromatic nitrogens is 2. The average molecular weight is 287 g/mol. The maximum atomic E-state index is 11.9. The largest absolute Gasteiger partial charge is 0.378 e. The maximum absolute atomic E-state index is 11.9. The van der Waals surface area contributed by atoms with E-state index in [0.29, 0.717) is 12.1 Å². The third kappa shape index (κ3) is 4.16. The Balaban J connectivity index is 1.82. The molecular weight excluding hydrogens is 266 g/mol. The number of carbonyl (C=O) groups is 1. The molecule has 0 aliphatic rings. The Hall–Kier alpha value is -2.14. The topological polar surface area (TPSA) is 67.2 Å². The molecule has 0 bridgehead atoms. The Kier molecular flexibility index (Phi) is 5.11. The highest BCUT2D eigenvalue weighted by Crippen LogP contribution is 2.12. The van der Waals surface area contributed by atoms with Crippen LogP contribution in [0, 0.1) is 12.8 Å². The van der Waals surface area contributed by atoms with Gasteiger partial charge >= 0.3 is 0 Å². The zero-order valence-corrected chi connectivity index (χ0v) is 12.4. The van der Waals surface area contributed by atoms with Gasteiger partial charge in [-0.15, -0.1) is 0 Å². The van der Waals surface area contributed by atoms with Crippen LogP contribution in [0.25, 0.3) is 0 Å². The standard InChI is InChI=1S/C16H21N3O2/c1-12(11-19-9-8-17-13(19)2)10-18-16(21)15(20)14-6-4-3-5-7-14/h3-9,12,15,20H,10-11H2,1-2H3,(H,18,21).